The number of anilines is 1. The van der Waals surface area contributed by atoms with Crippen molar-refractivity contribution in [2.75, 3.05) is 24.6 Å². The van der Waals surface area contributed by atoms with E-state index < -0.39 is 0 Å². The quantitative estimate of drug-likeness (QED) is 0.639. The Morgan fingerprint density at radius 2 is 2.12 bits per heavy atom. The van der Waals surface area contributed by atoms with Crippen LogP contribution in [0.15, 0.2) is 24.3 Å². The molecule has 1 aromatic rings. The first-order valence-electron chi connectivity index (χ1n) is 5.81. The normalized spacial score (nSPS) is 19.6. The van der Waals surface area contributed by atoms with E-state index in [0.717, 1.165) is 31.6 Å². The van der Waals surface area contributed by atoms with Crippen LogP contribution in [0.4, 0.5) is 11.4 Å². The van der Waals surface area contributed by atoms with Crippen LogP contribution in [0.2, 0.25) is 0 Å². The molecule has 1 heterocycles. The summed E-state index contributed by atoms with van der Waals surface area (Å²) < 4.78 is 0. The number of non-ortho nitro benzene ring substituents is 1. The smallest absolute Gasteiger partial charge is 0.269 e. The van der Waals surface area contributed by atoms with E-state index in [1.807, 2.05) is 0 Å². The number of benzene rings is 1. The van der Waals surface area contributed by atoms with Gasteiger partial charge in [0.25, 0.3) is 5.69 Å². The van der Waals surface area contributed by atoms with Crippen molar-refractivity contribution in [3.8, 4) is 0 Å². The molecule has 0 radical (unpaired) electrons. The lowest BCUT2D eigenvalue weighted by Gasteiger charge is -2.18. The van der Waals surface area contributed by atoms with E-state index in [9.17, 15) is 10.1 Å². The Bertz CT molecular complexity index is 391. The van der Waals surface area contributed by atoms with E-state index >= 15 is 0 Å². The fourth-order valence-corrected chi connectivity index (χ4v) is 2.27. The lowest BCUT2D eigenvalue weighted by molar-refractivity contribution is -0.384. The molecule has 1 aromatic carbocycles. The van der Waals surface area contributed by atoms with E-state index in [1.165, 1.54) is 12.1 Å². The van der Waals surface area contributed by atoms with Crippen LogP contribution in [-0.2, 0) is 0 Å². The van der Waals surface area contributed by atoms with Crippen molar-refractivity contribution in [2.24, 2.45) is 5.92 Å². The zero-order chi connectivity index (χ0) is 12.3. The summed E-state index contributed by atoms with van der Waals surface area (Å²) in [4.78, 5) is 12.4. The highest BCUT2D eigenvalue weighted by atomic mass is 16.6. The molecule has 1 atom stereocenters. The Morgan fingerprint density at radius 3 is 2.71 bits per heavy atom. The Balaban J connectivity index is 2.01. The first kappa shape index (κ1) is 11.9. The van der Waals surface area contributed by atoms with Crippen LogP contribution in [-0.4, -0.2) is 29.7 Å². The standard InChI is InChI=1S/C12H16N2O3/c15-8-6-10-5-7-13(9-10)11-1-3-12(4-2-11)14(16)17/h1-4,10,15H,5-9H2/t10-/m1/s1. The zero-order valence-corrected chi connectivity index (χ0v) is 9.58. The van der Waals surface area contributed by atoms with Crippen molar-refractivity contribution in [1.29, 1.82) is 0 Å². The lowest BCUT2D eigenvalue weighted by atomic mass is 10.1. The van der Waals surface area contributed by atoms with Gasteiger partial charge in [-0.2, -0.15) is 0 Å². The summed E-state index contributed by atoms with van der Waals surface area (Å²) in [5, 5.41) is 19.4. The average Bonchev–Trinajstić information content (AvgIpc) is 2.78. The van der Waals surface area contributed by atoms with E-state index in [0.29, 0.717) is 5.92 Å². The second kappa shape index (κ2) is 5.14. The number of nitro groups is 1. The maximum atomic E-state index is 10.5. The maximum absolute atomic E-state index is 10.5. The second-order valence-electron chi connectivity index (χ2n) is 4.39. The minimum Gasteiger partial charge on any atom is -0.396 e. The number of hydrogen-bond donors (Lipinski definition) is 1. The van der Waals surface area contributed by atoms with E-state index in [4.69, 9.17) is 5.11 Å². The van der Waals surface area contributed by atoms with Gasteiger partial charge in [0, 0.05) is 37.5 Å². The molecule has 0 aliphatic carbocycles. The Morgan fingerprint density at radius 1 is 1.41 bits per heavy atom. The summed E-state index contributed by atoms with van der Waals surface area (Å²) in [6.07, 6.45) is 1.92. The first-order chi connectivity index (χ1) is 8.20. The summed E-state index contributed by atoms with van der Waals surface area (Å²) in [5.74, 6) is 0.537. The molecule has 1 saturated heterocycles. The van der Waals surface area contributed by atoms with Crippen molar-refractivity contribution in [3.63, 3.8) is 0 Å². The van der Waals surface area contributed by atoms with Crippen LogP contribution in [0.1, 0.15) is 12.8 Å². The summed E-state index contributed by atoms with van der Waals surface area (Å²) in [7, 11) is 0. The van der Waals surface area contributed by atoms with Crippen LogP contribution in [0.3, 0.4) is 0 Å². The molecule has 1 N–H and O–H groups in total. The highest BCUT2D eigenvalue weighted by molar-refractivity contribution is 5.51. The van der Waals surface area contributed by atoms with Gasteiger partial charge in [-0.05, 0) is 30.9 Å². The Labute approximate surface area is 99.8 Å². The van der Waals surface area contributed by atoms with E-state index in [2.05, 4.69) is 4.90 Å². The number of nitrogens with zero attached hydrogens (tertiary/aromatic N) is 2. The fourth-order valence-electron chi connectivity index (χ4n) is 2.27. The number of aliphatic hydroxyl groups excluding tert-OH is 1. The van der Waals surface area contributed by atoms with E-state index in [-0.39, 0.29) is 17.2 Å². The number of rotatable bonds is 4. The van der Waals surface area contributed by atoms with Crippen LogP contribution in [0.5, 0.6) is 0 Å². The van der Waals surface area contributed by atoms with Crippen LogP contribution < -0.4 is 4.90 Å². The van der Waals surface area contributed by atoms with Crippen molar-refractivity contribution >= 4 is 11.4 Å². The van der Waals surface area contributed by atoms with Gasteiger partial charge in [-0.1, -0.05) is 0 Å². The topological polar surface area (TPSA) is 66.6 Å². The van der Waals surface area contributed by atoms with Crippen LogP contribution >= 0.6 is 0 Å². The molecule has 5 heteroatoms. The van der Waals surface area contributed by atoms with Crippen LogP contribution in [0.25, 0.3) is 0 Å². The van der Waals surface area contributed by atoms with Gasteiger partial charge in [-0.25, -0.2) is 0 Å². The molecule has 5 nitrogen and oxygen atoms in total. The molecule has 17 heavy (non-hydrogen) atoms. The molecule has 92 valence electrons. The highest BCUT2D eigenvalue weighted by Gasteiger charge is 2.22. The highest BCUT2D eigenvalue weighted by Crippen LogP contribution is 2.26. The van der Waals surface area contributed by atoms with Gasteiger partial charge < -0.3 is 10.0 Å². The average molecular weight is 236 g/mol. The molecular formula is C12H16N2O3. The number of hydrogen-bond acceptors (Lipinski definition) is 4. The predicted octanol–water partition coefficient (Wildman–Crippen LogP) is 1.80. The second-order valence-corrected chi connectivity index (χ2v) is 4.39. The molecule has 1 aliphatic rings. The molecule has 2 rings (SSSR count). The third kappa shape index (κ3) is 2.74. The first-order valence-corrected chi connectivity index (χ1v) is 5.81. The van der Waals surface area contributed by atoms with Crippen molar-refractivity contribution in [2.45, 2.75) is 12.8 Å². The number of nitro benzene ring substituents is 1. The van der Waals surface area contributed by atoms with Gasteiger partial charge in [-0.3, -0.25) is 10.1 Å². The Kier molecular flexibility index (Phi) is 3.58. The fraction of sp³-hybridized carbons (Fsp3) is 0.500. The van der Waals surface area contributed by atoms with Gasteiger partial charge >= 0.3 is 0 Å². The monoisotopic (exact) mass is 236 g/mol. The summed E-state index contributed by atoms with van der Waals surface area (Å²) >= 11 is 0. The lowest BCUT2D eigenvalue weighted by Crippen LogP contribution is -2.19. The summed E-state index contributed by atoms with van der Waals surface area (Å²) in [6.45, 7) is 2.12. The number of aliphatic hydroxyl groups is 1. The molecule has 0 bridgehead atoms. The van der Waals surface area contributed by atoms with Gasteiger partial charge in [-0.15, -0.1) is 0 Å². The minimum atomic E-state index is -0.387. The molecule has 0 saturated carbocycles. The SMILES string of the molecule is O=[N+]([O-])c1ccc(N2CC[C@H](CCO)C2)cc1. The Hall–Kier alpha value is -1.62. The molecule has 0 aromatic heterocycles. The molecular weight excluding hydrogens is 220 g/mol. The van der Waals surface area contributed by atoms with Crippen LogP contribution in [0, 0.1) is 16.0 Å². The van der Waals surface area contributed by atoms with Crippen molar-refractivity contribution in [3.05, 3.63) is 34.4 Å². The third-order valence-electron chi connectivity index (χ3n) is 3.25. The molecule has 1 fully saturated rings. The summed E-state index contributed by atoms with van der Waals surface area (Å²) in [5.41, 5.74) is 1.15. The molecule has 0 spiro atoms. The molecule has 0 unspecified atom stereocenters. The van der Waals surface area contributed by atoms with Gasteiger partial charge in [0.05, 0.1) is 4.92 Å². The summed E-state index contributed by atoms with van der Waals surface area (Å²) in [6, 6.07) is 6.66. The molecule has 0 amide bonds. The van der Waals surface area contributed by atoms with E-state index in [1.54, 1.807) is 12.1 Å². The zero-order valence-electron chi connectivity index (χ0n) is 9.58. The van der Waals surface area contributed by atoms with Gasteiger partial charge in [0.1, 0.15) is 0 Å². The minimum absolute atomic E-state index is 0.125. The largest absolute Gasteiger partial charge is 0.396 e. The van der Waals surface area contributed by atoms with Gasteiger partial charge in [0.2, 0.25) is 0 Å². The maximum Gasteiger partial charge on any atom is 0.269 e. The third-order valence-corrected chi connectivity index (χ3v) is 3.25. The van der Waals surface area contributed by atoms with Crippen molar-refractivity contribution < 1.29 is 10.0 Å². The van der Waals surface area contributed by atoms with Gasteiger partial charge in [0.15, 0.2) is 0 Å². The predicted molar refractivity (Wildman–Crippen MR) is 65.1 cm³/mol. The molecule has 1 aliphatic heterocycles. The van der Waals surface area contributed by atoms with Crippen molar-refractivity contribution in [1.82, 2.24) is 0 Å².